The lowest BCUT2D eigenvalue weighted by molar-refractivity contribution is -0.139. The van der Waals surface area contributed by atoms with Crippen molar-refractivity contribution in [2.75, 3.05) is 45.6 Å². The lowest BCUT2D eigenvalue weighted by Crippen LogP contribution is -2.47. The molecule has 5 nitrogen and oxygen atoms in total. The van der Waals surface area contributed by atoms with E-state index in [2.05, 4.69) is 28.2 Å². The van der Waals surface area contributed by atoms with Gasteiger partial charge in [-0.1, -0.05) is 6.92 Å². The van der Waals surface area contributed by atoms with Gasteiger partial charge in [-0.15, -0.1) is 11.8 Å². The summed E-state index contributed by atoms with van der Waals surface area (Å²) in [6.45, 7) is 6.61. The fourth-order valence-corrected chi connectivity index (χ4v) is 3.55. The number of hydrogen-bond acceptors (Lipinski definition) is 5. The highest BCUT2D eigenvalue weighted by molar-refractivity contribution is 7.98. The van der Waals surface area contributed by atoms with Gasteiger partial charge in [0.1, 0.15) is 12.4 Å². The molecule has 0 spiro atoms. The number of rotatable bonds is 9. The molecule has 1 N–H and O–H groups in total. The summed E-state index contributed by atoms with van der Waals surface area (Å²) < 4.78 is 5.82. The Kier molecular flexibility index (Phi) is 7.88. The number of likely N-dealkylation sites (N-methyl/N-ethyl adjacent to an activating group) is 1. The minimum Gasteiger partial charge on any atom is -0.492 e. The number of likely N-dealkylation sites (tertiary alicyclic amines) is 1. The quantitative estimate of drug-likeness (QED) is 0.690. The molecule has 0 unspecified atom stereocenters. The summed E-state index contributed by atoms with van der Waals surface area (Å²) in [4.78, 5) is 16.6. The zero-order valence-corrected chi connectivity index (χ0v) is 15.4. The van der Waals surface area contributed by atoms with Gasteiger partial charge < -0.3 is 9.84 Å². The molecule has 0 aromatic heterocycles. The maximum Gasteiger partial charge on any atom is 0.317 e. The molecule has 1 heterocycles. The standard InChI is InChI=1S/C18H28N2O3S/c1-3-20(14-18(21)22)15-8-10-19(11-9-15)12-13-23-16-4-6-17(24-2)7-5-16/h4-7,15H,3,8-14H2,1-2H3,(H,21,22). The largest absolute Gasteiger partial charge is 0.492 e. The summed E-state index contributed by atoms with van der Waals surface area (Å²) in [6, 6.07) is 8.58. The zero-order chi connectivity index (χ0) is 17.4. The van der Waals surface area contributed by atoms with Crippen molar-refractivity contribution in [3.8, 4) is 5.75 Å². The van der Waals surface area contributed by atoms with E-state index in [1.165, 1.54) is 4.90 Å². The molecular weight excluding hydrogens is 324 g/mol. The molecule has 0 atom stereocenters. The van der Waals surface area contributed by atoms with Crippen LogP contribution in [0.1, 0.15) is 19.8 Å². The highest BCUT2D eigenvalue weighted by Crippen LogP contribution is 2.19. The van der Waals surface area contributed by atoms with Gasteiger partial charge in [0.2, 0.25) is 0 Å². The molecule has 1 fully saturated rings. The number of nitrogens with zero attached hydrogens (tertiary/aromatic N) is 2. The van der Waals surface area contributed by atoms with Gasteiger partial charge in [0.15, 0.2) is 0 Å². The molecule has 24 heavy (non-hydrogen) atoms. The average Bonchev–Trinajstić information content (AvgIpc) is 2.61. The summed E-state index contributed by atoms with van der Waals surface area (Å²) in [5.41, 5.74) is 0. The number of benzene rings is 1. The van der Waals surface area contributed by atoms with Crippen LogP contribution in [0, 0.1) is 0 Å². The third-order valence-corrected chi connectivity index (χ3v) is 5.30. The Bertz CT molecular complexity index is 501. The monoisotopic (exact) mass is 352 g/mol. The Morgan fingerprint density at radius 3 is 2.54 bits per heavy atom. The smallest absolute Gasteiger partial charge is 0.317 e. The maximum atomic E-state index is 10.9. The van der Waals surface area contributed by atoms with E-state index in [-0.39, 0.29) is 6.54 Å². The van der Waals surface area contributed by atoms with E-state index >= 15 is 0 Å². The van der Waals surface area contributed by atoms with Crippen molar-refractivity contribution in [3.05, 3.63) is 24.3 Å². The fraction of sp³-hybridized carbons (Fsp3) is 0.611. The van der Waals surface area contributed by atoms with Gasteiger partial charge >= 0.3 is 5.97 Å². The molecule has 1 aliphatic rings. The normalized spacial score (nSPS) is 16.5. The van der Waals surface area contributed by atoms with Gasteiger partial charge in [0.05, 0.1) is 6.54 Å². The van der Waals surface area contributed by atoms with E-state index in [0.29, 0.717) is 12.6 Å². The van der Waals surface area contributed by atoms with Crippen LogP contribution >= 0.6 is 11.8 Å². The molecule has 0 aliphatic carbocycles. The Morgan fingerprint density at radius 1 is 1.33 bits per heavy atom. The molecule has 0 bridgehead atoms. The van der Waals surface area contributed by atoms with Crippen molar-refractivity contribution in [3.63, 3.8) is 0 Å². The number of hydrogen-bond donors (Lipinski definition) is 1. The molecule has 0 saturated carbocycles. The molecular formula is C18H28N2O3S. The summed E-state index contributed by atoms with van der Waals surface area (Å²) >= 11 is 1.73. The van der Waals surface area contributed by atoms with Gasteiger partial charge in [-0.25, -0.2) is 0 Å². The third kappa shape index (κ3) is 6.00. The van der Waals surface area contributed by atoms with Gasteiger partial charge in [-0.3, -0.25) is 14.6 Å². The molecule has 6 heteroatoms. The number of carboxylic acids is 1. The lowest BCUT2D eigenvalue weighted by atomic mass is 10.0. The topological polar surface area (TPSA) is 53.0 Å². The third-order valence-electron chi connectivity index (χ3n) is 4.55. The Hall–Kier alpha value is -1.24. The number of carbonyl (C=O) groups is 1. The molecule has 2 rings (SSSR count). The summed E-state index contributed by atoms with van der Waals surface area (Å²) in [6.07, 6.45) is 4.13. The molecule has 0 amide bonds. The Labute approximate surface area is 149 Å². The van der Waals surface area contributed by atoms with Gasteiger partial charge in [0, 0.05) is 17.5 Å². The van der Waals surface area contributed by atoms with Gasteiger partial charge in [-0.2, -0.15) is 0 Å². The number of thioether (sulfide) groups is 1. The fourth-order valence-electron chi connectivity index (χ4n) is 3.15. The number of aliphatic carboxylic acids is 1. The Balaban J connectivity index is 1.68. The molecule has 1 aromatic carbocycles. The lowest BCUT2D eigenvalue weighted by Gasteiger charge is -2.37. The number of ether oxygens (including phenoxy) is 1. The van der Waals surface area contributed by atoms with Crippen molar-refractivity contribution in [1.82, 2.24) is 9.80 Å². The van der Waals surface area contributed by atoms with Crippen LogP contribution in [-0.2, 0) is 4.79 Å². The van der Waals surface area contributed by atoms with Crippen molar-refractivity contribution in [1.29, 1.82) is 0 Å². The number of piperidine rings is 1. The molecule has 1 aliphatic heterocycles. The highest BCUT2D eigenvalue weighted by Gasteiger charge is 2.24. The van der Waals surface area contributed by atoms with Crippen LogP contribution in [0.2, 0.25) is 0 Å². The molecule has 1 saturated heterocycles. The predicted octanol–water partition coefficient (Wildman–Crippen LogP) is 2.66. The van der Waals surface area contributed by atoms with E-state index in [4.69, 9.17) is 9.84 Å². The summed E-state index contributed by atoms with van der Waals surface area (Å²) in [5, 5.41) is 8.99. The van der Waals surface area contributed by atoms with Crippen LogP contribution in [0.5, 0.6) is 5.75 Å². The second-order valence-electron chi connectivity index (χ2n) is 6.05. The maximum absolute atomic E-state index is 10.9. The minimum atomic E-state index is -0.736. The average molecular weight is 353 g/mol. The molecule has 1 aromatic rings. The zero-order valence-electron chi connectivity index (χ0n) is 14.6. The summed E-state index contributed by atoms with van der Waals surface area (Å²) in [7, 11) is 0. The molecule has 0 radical (unpaired) electrons. The second-order valence-corrected chi connectivity index (χ2v) is 6.93. The van der Waals surface area contributed by atoms with E-state index < -0.39 is 5.97 Å². The first-order valence-corrected chi connectivity index (χ1v) is 9.80. The van der Waals surface area contributed by atoms with E-state index in [1.54, 1.807) is 11.8 Å². The van der Waals surface area contributed by atoms with E-state index in [9.17, 15) is 4.79 Å². The van der Waals surface area contributed by atoms with Crippen LogP contribution in [0.3, 0.4) is 0 Å². The van der Waals surface area contributed by atoms with Crippen molar-refractivity contribution in [2.45, 2.75) is 30.7 Å². The second kappa shape index (κ2) is 9.91. The van der Waals surface area contributed by atoms with Crippen molar-refractivity contribution < 1.29 is 14.6 Å². The first-order chi connectivity index (χ1) is 11.6. The van der Waals surface area contributed by atoms with Crippen molar-refractivity contribution >= 4 is 17.7 Å². The van der Waals surface area contributed by atoms with E-state index in [0.717, 1.165) is 44.8 Å². The van der Waals surface area contributed by atoms with Gasteiger partial charge in [-0.05, 0) is 63.0 Å². The van der Waals surface area contributed by atoms with Crippen LogP contribution < -0.4 is 4.74 Å². The highest BCUT2D eigenvalue weighted by atomic mass is 32.2. The number of carboxylic acid groups (broad SMARTS) is 1. The van der Waals surface area contributed by atoms with Crippen LogP contribution in [0.25, 0.3) is 0 Å². The van der Waals surface area contributed by atoms with Crippen LogP contribution in [0.15, 0.2) is 29.2 Å². The van der Waals surface area contributed by atoms with Crippen LogP contribution in [-0.4, -0.2) is 72.5 Å². The molecule has 134 valence electrons. The van der Waals surface area contributed by atoms with E-state index in [1.807, 2.05) is 19.1 Å². The first-order valence-electron chi connectivity index (χ1n) is 8.57. The Morgan fingerprint density at radius 2 is 2.00 bits per heavy atom. The van der Waals surface area contributed by atoms with Crippen molar-refractivity contribution in [2.24, 2.45) is 0 Å². The van der Waals surface area contributed by atoms with Crippen LogP contribution in [0.4, 0.5) is 0 Å². The minimum absolute atomic E-state index is 0.149. The summed E-state index contributed by atoms with van der Waals surface area (Å²) in [5.74, 6) is 0.182. The van der Waals surface area contributed by atoms with Gasteiger partial charge in [0.25, 0.3) is 0 Å². The SMILES string of the molecule is CCN(CC(=O)O)C1CCN(CCOc2ccc(SC)cc2)CC1. The predicted molar refractivity (Wildman–Crippen MR) is 98.1 cm³/mol. The first kappa shape index (κ1) is 19.1.